The Kier molecular flexibility index (Phi) is 3.73. The number of nitrogens with one attached hydrogen (secondary N) is 2. The molecular formula is C20H28N6O. The van der Waals surface area contributed by atoms with Crippen molar-refractivity contribution < 1.29 is 4.74 Å². The summed E-state index contributed by atoms with van der Waals surface area (Å²) in [5.74, 6) is 3.77. The SMILES string of the molecule is COC(C)(C)C12CC(CN(c3nccc(Nc4cc(C5CC5)[nH]n4)n3)C1)C2. The summed E-state index contributed by atoms with van der Waals surface area (Å²) in [6, 6.07) is 3.99. The van der Waals surface area contributed by atoms with Crippen LogP contribution in [0.25, 0.3) is 0 Å². The maximum atomic E-state index is 5.84. The highest BCUT2D eigenvalue weighted by molar-refractivity contribution is 5.54. The molecular weight excluding hydrogens is 340 g/mol. The van der Waals surface area contributed by atoms with Crippen LogP contribution in [-0.4, -0.2) is 46.0 Å². The van der Waals surface area contributed by atoms with Crippen molar-refractivity contribution in [1.29, 1.82) is 0 Å². The smallest absolute Gasteiger partial charge is 0.227 e. The topological polar surface area (TPSA) is 79.0 Å². The molecule has 0 aromatic carbocycles. The third-order valence-electron chi connectivity index (χ3n) is 6.92. The molecule has 2 N–H and O–H groups in total. The van der Waals surface area contributed by atoms with Crippen LogP contribution in [0.3, 0.4) is 0 Å². The van der Waals surface area contributed by atoms with Crippen LogP contribution in [0.1, 0.15) is 51.1 Å². The van der Waals surface area contributed by atoms with Gasteiger partial charge in [-0.3, -0.25) is 5.10 Å². The molecule has 4 aliphatic rings. The van der Waals surface area contributed by atoms with Gasteiger partial charge in [0.05, 0.1) is 5.60 Å². The monoisotopic (exact) mass is 368 g/mol. The Balaban J connectivity index is 1.33. The van der Waals surface area contributed by atoms with Crippen molar-refractivity contribution in [3.63, 3.8) is 0 Å². The van der Waals surface area contributed by atoms with Gasteiger partial charge < -0.3 is 15.0 Å². The molecule has 2 aliphatic heterocycles. The molecule has 0 amide bonds. The summed E-state index contributed by atoms with van der Waals surface area (Å²) in [5.41, 5.74) is 1.28. The van der Waals surface area contributed by atoms with E-state index in [1.54, 1.807) is 0 Å². The third-order valence-corrected chi connectivity index (χ3v) is 6.92. The summed E-state index contributed by atoms with van der Waals surface area (Å²) in [4.78, 5) is 11.6. The zero-order valence-electron chi connectivity index (χ0n) is 16.3. The minimum atomic E-state index is -0.133. The van der Waals surface area contributed by atoms with Crippen molar-refractivity contribution in [2.45, 2.75) is 51.0 Å². The van der Waals surface area contributed by atoms with Gasteiger partial charge in [0.1, 0.15) is 5.82 Å². The molecule has 4 fully saturated rings. The first-order valence-corrected chi connectivity index (χ1v) is 9.93. The number of hydrogen-bond acceptors (Lipinski definition) is 6. The molecule has 2 saturated heterocycles. The van der Waals surface area contributed by atoms with Crippen molar-refractivity contribution in [2.24, 2.45) is 11.3 Å². The summed E-state index contributed by atoms with van der Waals surface area (Å²) in [5, 5.41) is 10.8. The lowest BCUT2D eigenvalue weighted by atomic mass is 9.52. The van der Waals surface area contributed by atoms with Crippen molar-refractivity contribution in [3.05, 3.63) is 24.0 Å². The van der Waals surface area contributed by atoms with Crippen LogP contribution in [-0.2, 0) is 4.74 Å². The fourth-order valence-corrected chi connectivity index (χ4v) is 4.80. The molecule has 2 aromatic heterocycles. The number of rotatable bonds is 6. The molecule has 144 valence electrons. The number of ether oxygens (including phenoxy) is 1. The Hall–Kier alpha value is -2.15. The average molecular weight is 368 g/mol. The second-order valence-electron chi connectivity index (χ2n) is 9.00. The number of methoxy groups -OCH3 is 1. The molecule has 0 atom stereocenters. The molecule has 6 rings (SSSR count). The van der Waals surface area contributed by atoms with Crippen LogP contribution in [0.15, 0.2) is 18.3 Å². The number of aromatic amines is 1. The average Bonchev–Trinajstić information content (AvgIpc) is 3.41. The van der Waals surface area contributed by atoms with Crippen molar-refractivity contribution >= 4 is 17.6 Å². The zero-order chi connectivity index (χ0) is 18.6. The molecule has 4 heterocycles. The number of nitrogens with zero attached hydrogens (tertiary/aromatic N) is 4. The van der Waals surface area contributed by atoms with Gasteiger partial charge in [-0.15, -0.1) is 0 Å². The highest BCUT2D eigenvalue weighted by Gasteiger charge is 2.58. The van der Waals surface area contributed by atoms with Gasteiger partial charge in [-0.25, -0.2) is 4.98 Å². The number of piperidine rings is 2. The van der Waals surface area contributed by atoms with Crippen LogP contribution in [0.4, 0.5) is 17.6 Å². The van der Waals surface area contributed by atoms with E-state index in [9.17, 15) is 0 Å². The predicted octanol–water partition coefficient (Wildman–Crippen LogP) is 3.46. The molecule has 0 radical (unpaired) electrons. The summed E-state index contributed by atoms with van der Waals surface area (Å²) < 4.78 is 5.84. The molecule has 2 aliphatic carbocycles. The van der Waals surface area contributed by atoms with E-state index >= 15 is 0 Å². The van der Waals surface area contributed by atoms with Gasteiger partial charge in [-0.1, -0.05) is 0 Å². The Morgan fingerprint density at radius 2 is 2.11 bits per heavy atom. The second kappa shape index (κ2) is 5.92. The largest absolute Gasteiger partial charge is 0.378 e. The van der Waals surface area contributed by atoms with Gasteiger partial charge in [-0.05, 0) is 51.5 Å². The van der Waals surface area contributed by atoms with Crippen molar-refractivity contribution in [3.8, 4) is 0 Å². The molecule has 2 saturated carbocycles. The highest BCUT2D eigenvalue weighted by Crippen LogP contribution is 2.57. The zero-order valence-corrected chi connectivity index (χ0v) is 16.3. The number of aromatic nitrogens is 4. The first-order chi connectivity index (χ1) is 13.0. The molecule has 0 unspecified atom stereocenters. The van der Waals surface area contributed by atoms with Crippen LogP contribution < -0.4 is 10.2 Å². The molecule has 0 spiro atoms. The van der Waals surface area contributed by atoms with E-state index in [1.807, 2.05) is 19.4 Å². The van der Waals surface area contributed by atoms with Crippen molar-refractivity contribution in [2.75, 3.05) is 30.4 Å². The fraction of sp³-hybridized carbons (Fsp3) is 0.650. The number of hydrogen-bond donors (Lipinski definition) is 2. The van der Waals surface area contributed by atoms with E-state index < -0.39 is 0 Å². The minimum absolute atomic E-state index is 0.133. The maximum absolute atomic E-state index is 5.84. The minimum Gasteiger partial charge on any atom is -0.378 e. The second-order valence-corrected chi connectivity index (χ2v) is 9.00. The van der Waals surface area contributed by atoms with Gasteiger partial charge in [0.25, 0.3) is 0 Å². The first-order valence-electron chi connectivity index (χ1n) is 9.93. The number of anilines is 3. The Morgan fingerprint density at radius 1 is 1.30 bits per heavy atom. The van der Waals surface area contributed by atoms with E-state index in [0.717, 1.165) is 30.7 Å². The van der Waals surface area contributed by atoms with E-state index in [4.69, 9.17) is 9.72 Å². The standard InChI is InChI=1S/C20H28N6O/c1-19(2,27-3)20-9-13(10-20)11-26(12-20)18-21-7-6-16(23-18)22-17-8-15(24-25-17)14-4-5-14/h6-8,13-14H,4-5,9-12H2,1-3H3,(H2,21,22,23,24,25). The molecule has 7 heteroatoms. The van der Waals surface area contributed by atoms with Gasteiger partial charge in [0.2, 0.25) is 5.95 Å². The van der Waals surface area contributed by atoms with Crippen LogP contribution in [0, 0.1) is 11.3 Å². The Morgan fingerprint density at radius 3 is 2.85 bits per heavy atom. The van der Waals surface area contributed by atoms with Gasteiger partial charge >= 0.3 is 0 Å². The number of fused-ring (bicyclic) bond motifs is 2. The van der Waals surface area contributed by atoms with E-state index in [1.165, 1.54) is 31.4 Å². The van der Waals surface area contributed by atoms with Crippen LogP contribution in [0.2, 0.25) is 0 Å². The lowest BCUT2D eigenvalue weighted by Gasteiger charge is -2.62. The highest BCUT2D eigenvalue weighted by atomic mass is 16.5. The number of H-pyrrole nitrogens is 1. The normalized spacial score (nSPS) is 27.4. The lowest BCUT2D eigenvalue weighted by molar-refractivity contribution is -0.155. The van der Waals surface area contributed by atoms with E-state index in [2.05, 4.69) is 45.3 Å². The fourth-order valence-electron chi connectivity index (χ4n) is 4.80. The predicted molar refractivity (Wildman–Crippen MR) is 104 cm³/mol. The Bertz CT molecular complexity index is 837. The van der Waals surface area contributed by atoms with E-state index in [0.29, 0.717) is 11.8 Å². The Labute approximate surface area is 159 Å². The third kappa shape index (κ3) is 2.88. The molecule has 2 bridgehead atoms. The quantitative estimate of drug-likeness (QED) is 0.813. The molecule has 2 aromatic rings. The van der Waals surface area contributed by atoms with Gasteiger partial charge in [0, 0.05) is 49.5 Å². The summed E-state index contributed by atoms with van der Waals surface area (Å²) >= 11 is 0. The lowest BCUT2D eigenvalue weighted by Crippen LogP contribution is -2.65. The van der Waals surface area contributed by atoms with Crippen molar-refractivity contribution in [1.82, 2.24) is 20.2 Å². The van der Waals surface area contributed by atoms with E-state index in [-0.39, 0.29) is 11.0 Å². The summed E-state index contributed by atoms with van der Waals surface area (Å²) in [6.07, 6.45) is 6.82. The van der Waals surface area contributed by atoms with Gasteiger partial charge in [0.15, 0.2) is 5.82 Å². The first kappa shape index (κ1) is 17.0. The summed E-state index contributed by atoms with van der Waals surface area (Å²) in [6.45, 7) is 6.39. The molecule has 27 heavy (non-hydrogen) atoms. The molecule has 7 nitrogen and oxygen atoms in total. The maximum Gasteiger partial charge on any atom is 0.227 e. The van der Waals surface area contributed by atoms with Crippen LogP contribution in [0.5, 0.6) is 0 Å². The summed E-state index contributed by atoms with van der Waals surface area (Å²) in [7, 11) is 1.82. The van der Waals surface area contributed by atoms with Gasteiger partial charge in [-0.2, -0.15) is 10.1 Å². The van der Waals surface area contributed by atoms with Crippen LogP contribution >= 0.6 is 0 Å².